The van der Waals surface area contributed by atoms with Crippen LogP contribution in [0.3, 0.4) is 0 Å². The summed E-state index contributed by atoms with van der Waals surface area (Å²) < 4.78 is 5.22. The van der Waals surface area contributed by atoms with Gasteiger partial charge in [0.1, 0.15) is 5.75 Å². The van der Waals surface area contributed by atoms with Crippen molar-refractivity contribution in [1.29, 1.82) is 0 Å². The number of rotatable bonds is 3. The number of anilines is 1. The van der Waals surface area contributed by atoms with E-state index in [2.05, 4.69) is 4.98 Å². The van der Waals surface area contributed by atoms with Crippen molar-refractivity contribution in [1.82, 2.24) is 4.98 Å². The number of aromatic nitrogens is 1. The third-order valence-corrected chi connectivity index (χ3v) is 2.81. The van der Waals surface area contributed by atoms with Gasteiger partial charge >= 0.3 is 0 Å². The van der Waals surface area contributed by atoms with Crippen molar-refractivity contribution in [2.75, 3.05) is 26.3 Å². The zero-order valence-electron chi connectivity index (χ0n) is 10.5. The molecule has 90 valence electrons. The van der Waals surface area contributed by atoms with Crippen molar-refractivity contribution in [2.24, 2.45) is 0 Å². The van der Waals surface area contributed by atoms with Gasteiger partial charge in [0.25, 0.3) is 0 Å². The van der Waals surface area contributed by atoms with Crippen molar-refractivity contribution in [3.63, 3.8) is 0 Å². The van der Waals surface area contributed by atoms with Crippen molar-refractivity contribution < 1.29 is 9.57 Å². The molecule has 0 aliphatic heterocycles. The molecule has 0 saturated carbocycles. The molecular formula is C13H16N2O2. The zero-order valence-corrected chi connectivity index (χ0v) is 10.5. The van der Waals surface area contributed by atoms with Gasteiger partial charge in [0.05, 0.1) is 14.2 Å². The molecule has 1 aromatic carbocycles. The molecule has 1 aromatic heterocycles. The maximum atomic E-state index is 5.22. The fraction of sp³-hybridized carbons (Fsp3) is 0.308. The quantitative estimate of drug-likeness (QED) is 0.762. The largest absolute Gasteiger partial charge is 0.497 e. The number of aryl methyl sites for hydroxylation is 1. The molecule has 1 heterocycles. The average Bonchev–Trinajstić information content (AvgIpc) is 2.36. The second-order valence-electron chi connectivity index (χ2n) is 3.83. The molecule has 17 heavy (non-hydrogen) atoms. The number of fused-ring (bicyclic) bond motifs is 1. The first-order valence-corrected chi connectivity index (χ1v) is 5.39. The summed E-state index contributed by atoms with van der Waals surface area (Å²) in [6.45, 7) is 1.99. The Morgan fingerprint density at radius 2 is 1.94 bits per heavy atom. The van der Waals surface area contributed by atoms with E-state index in [1.54, 1.807) is 19.3 Å². The van der Waals surface area contributed by atoms with Crippen LogP contribution < -0.4 is 9.80 Å². The third-order valence-electron chi connectivity index (χ3n) is 2.81. The van der Waals surface area contributed by atoms with E-state index in [1.165, 1.54) is 0 Å². The highest BCUT2D eigenvalue weighted by molar-refractivity contribution is 5.87. The molecule has 0 amide bonds. The van der Waals surface area contributed by atoms with Crippen LogP contribution >= 0.6 is 0 Å². The van der Waals surface area contributed by atoms with Gasteiger partial charge in [-0.15, -0.1) is 0 Å². The minimum atomic E-state index is 0.783. The van der Waals surface area contributed by atoms with Crippen LogP contribution in [0.4, 0.5) is 5.82 Å². The van der Waals surface area contributed by atoms with Gasteiger partial charge in [-0.1, -0.05) is 0 Å². The molecule has 0 saturated heterocycles. The topological polar surface area (TPSA) is 34.6 Å². The van der Waals surface area contributed by atoms with Crippen LogP contribution in [0.2, 0.25) is 0 Å². The van der Waals surface area contributed by atoms with Crippen LogP contribution in [-0.4, -0.2) is 26.3 Å². The molecule has 0 aliphatic carbocycles. The van der Waals surface area contributed by atoms with E-state index in [0.717, 1.165) is 28.0 Å². The average molecular weight is 232 g/mol. The second kappa shape index (κ2) is 4.59. The van der Waals surface area contributed by atoms with Gasteiger partial charge in [0.15, 0.2) is 5.82 Å². The normalized spacial score (nSPS) is 10.6. The summed E-state index contributed by atoms with van der Waals surface area (Å²) in [5.74, 6) is 1.62. The summed E-state index contributed by atoms with van der Waals surface area (Å²) in [5.41, 5.74) is 0.976. The lowest BCUT2D eigenvalue weighted by Crippen LogP contribution is -2.16. The molecule has 0 aliphatic rings. The SMILES string of the molecule is COc1ccc2c(C)nc(N(C)OC)cc2c1. The summed E-state index contributed by atoms with van der Waals surface area (Å²) in [6, 6.07) is 7.94. The highest BCUT2D eigenvalue weighted by Gasteiger charge is 2.07. The molecule has 0 spiro atoms. The molecule has 4 heteroatoms. The summed E-state index contributed by atoms with van der Waals surface area (Å²) >= 11 is 0. The fourth-order valence-electron chi connectivity index (χ4n) is 1.77. The first-order valence-electron chi connectivity index (χ1n) is 5.39. The maximum absolute atomic E-state index is 5.22. The Kier molecular flexibility index (Phi) is 3.15. The van der Waals surface area contributed by atoms with Gasteiger partial charge in [-0.3, -0.25) is 4.84 Å². The van der Waals surface area contributed by atoms with E-state index in [4.69, 9.17) is 9.57 Å². The number of hydrogen-bond donors (Lipinski definition) is 0. The number of hydroxylamine groups is 1. The van der Waals surface area contributed by atoms with E-state index in [9.17, 15) is 0 Å². The molecule has 0 atom stereocenters. The summed E-state index contributed by atoms with van der Waals surface area (Å²) in [7, 11) is 5.11. The van der Waals surface area contributed by atoms with Gasteiger partial charge in [-0.2, -0.15) is 0 Å². The van der Waals surface area contributed by atoms with E-state index in [0.29, 0.717) is 0 Å². The molecule has 2 aromatic rings. The highest BCUT2D eigenvalue weighted by Crippen LogP contribution is 2.26. The number of hydrogen-bond acceptors (Lipinski definition) is 4. The third kappa shape index (κ3) is 2.17. The summed E-state index contributed by atoms with van der Waals surface area (Å²) in [4.78, 5) is 9.62. The first-order chi connectivity index (χ1) is 8.15. The van der Waals surface area contributed by atoms with Gasteiger partial charge < -0.3 is 4.74 Å². The number of nitrogens with zero attached hydrogens (tertiary/aromatic N) is 2. The minimum Gasteiger partial charge on any atom is -0.497 e. The lowest BCUT2D eigenvalue weighted by molar-refractivity contribution is 0.182. The van der Waals surface area contributed by atoms with Gasteiger partial charge in [0, 0.05) is 18.1 Å². The fourth-order valence-corrected chi connectivity index (χ4v) is 1.77. The van der Waals surface area contributed by atoms with Crippen molar-refractivity contribution >= 4 is 16.6 Å². The summed E-state index contributed by atoms with van der Waals surface area (Å²) in [5, 5.41) is 3.85. The Labute approximate surface area is 101 Å². The minimum absolute atomic E-state index is 0.783. The van der Waals surface area contributed by atoms with Crippen molar-refractivity contribution in [3.8, 4) is 5.75 Å². The van der Waals surface area contributed by atoms with Gasteiger partial charge in [0.2, 0.25) is 0 Å². The molecule has 0 N–H and O–H groups in total. The number of pyridine rings is 1. The standard InChI is InChI=1S/C13H16N2O2/c1-9-12-6-5-11(16-3)7-10(12)8-13(14-9)15(2)17-4/h5-8H,1-4H3. The molecule has 0 radical (unpaired) electrons. The van der Waals surface area contributed by atoms with E-state index >= 15 is 0 Å². The number of methoxy groups -OCH3 is 1. The van der Waals surface area contributed by atoms with Crippen LogP contribution in [0, 0.1) is 6.92 Å². The molecule has 0 unspecified atom stereocenters. The van der Waals surface area contributed by atoms with E-state index < -0.39 is 0 Å². The smallest absolute Gasteiger partial charge is 0.152 e. The number of benzene rings is 1. The highest BCUT2D eigenvalue weighted by atomic mass is 16.7. The van der Waals surface area contributed by atoms with E-state index in [1.807, 2.05) is 38.2 Å². The van der Waals surface area contributed by atoms with Crippen LogP contribution in [0.1, 0.15) is 5.69 Å². The zero-order chi connectivity index (χ0) is 12.4. The molecule has 0 fully saturated rings. The number of ether oxygens (including phenoxy) is 1. The van der Waals surface area contributed by atoms with Crippen LogP contribution in [0.15, 0.2) is 24.3 Å². The van der Waals surface area contributed by atoms with Crippen molar-refractivity contribution in [2.45, 2.75) is 6.92 Å². The van der Waals surface area contributed by atoms with Gasteiger partial charge in [-0.05, 0) is 36.6 Å². The Hall–Kier alpha value is -1.81. The Balaban J connectivity index is 2.61. The Bertz CT molecular complexity index is 540. The van der Waals surface area contributed by atoms with Crippen LogP contribution in [0.25, 0.3) is 10.8 Å². The lowest BCUT2D eigenvalue weighted by atomic mass is 10.1. The first kappa shape index (κ1) is 11.7. The summed E-state index contributed by atoms with van der Waals surface area (Å²) in [6.07, 6.45) is 0. The Morgan fingerprint density at radius 3 is 2.59 bits per heavy atom. The van der Waals surface area contributed by atoms with Gasteiger partial charge in [-0.25, -0.2) is 10.0 Å². The maximum Gasteiger partial charge on any atom is 0.152 e. The molecule has 0 bridgehead atoms. The van der Waals surface area contributed by atoms with Crippen LogP contribution in [-0.2, 0) is 4.84 Å². The Morgan fingerprint density at radius 1 is 1.18 bits per heavy atom. The molecular weight excluding hydrogens is 216 g/mol. The second-order valence-corrected chi connectivity index (χ2v) is 3.83. The molecule has 2 rings (SSSR count). The molecule has 4 nitrogen and oxygen atoms in total. The lowest BCUT2D eigenvalue weighted by Gasteiger charge is -2.16. The van der Waals surface area contributed by atoms with E-state index in [-0.39, 0.29) is 0 Å². The predicted molar refractivity (Wildman–Crippen MR) is 68.4 cm³/mol. The van der Waals surface area contributed by atoms with Crippen molar-refractivity contribution in [3.05, 3.63) is 30.0 Å². The predicted octanol–water partition coefficient (Wildman–Crippen LogP) is 2.55. The van der Waals surface area contributed by atoms with Crippen LogP contribution in [0.5, 0.6) is 5.75 Å². The monoisotopic (exact) mass is 232 g/mol.